The fraction of sp³-hybridized carbons (Fsp3) is 0.400. The lowest BCUT2D eigenvalue weighted by atomic mass is 10.0. The molecule has 0 fully saturated rings. The number of amides is 2. The predicted molar refractivity (Wildman–Crippen MR) is 85.2 cm³/mol. The number of nitrogens with one attached hydrogen (secondary N) is 1. The molecule has 0 saturated heterocycles. The van der Waals surface area contributed by atoms with E-state index in [4.69, 9.17) is 5.11 Å². The van der Waals surface area contributed by atoms with Gasteiger partial charge in [-0.3, -0.25) is 14.4 Å². The molecule has 1 atom stereocenters. The molecule has 0 heterocycles. The van der Waals surface area contributed by atoms with E-state index < -0.39 is 12.0 Å². The van der Waals surface area contributed by atoms with Gasteiger partial charge in [-0.2, -0.15) is 0 Å². The minimum Gasteiger partial charge on any atom is -0.481 e. The molecule has 22 heavy (non-hydrogen) atoms. The molecule has 0 aliphatic carbocycles. The number of aliphatic carboxylic acids is 1. The van der Waals surface area contributed by atoms with E-state index in [1.54, 1.807) is 7.05 Å². The molecule has 7 heteroatoms. The quantitative estimate of drug-likeness (QED) is 0.767. The number of carboxylic acids is 1. The Morgan fingerprint density at radius 1 is 1.27 bits per heavy atom. The summed E-state index contributed by atoms with van der Waals surface area (Å²) in [7, 11) is 1.55. The Kier molecular flexibility index (Phi) is 7.04. The van der Waals surface area contributed by atoms with E-state index in [2.05, 4.69) is 21.2 Å². The van der Waals surface area contributed by atoms with Gasteiger partial charge in [-0.15, -0.1) is 0 Å². The molecule has 1 rings (SSSR count). The van der Waals surface area contributed by atoms with Gasteiger partial charge in [0.1, 0.15) is 0 Å². The summed E-state index contributed by atoms with van der Waals surface area (Å²) >= 11 is 3.34. The highest BCUT2D eigenvalue weighted by molar-refractivity contribution is 9.10. The second-order valence-electron chi connectivity index (χ2n) is 4.97. The third-order valence-electron chi connectivity index (χ3n) is 3.12. The van der Waals surface area contributed by atoms with E-state index in [0.717, 1.165) is 10.0 Å². The van der Waals surface area contributed by atoms with Crippen LogP contribution in [0.4, 0.5) is 0 Å². The molecule has 0 aliphatic heterocycles. The fourth-order valence-electron chi connectivity index (χ4n) is 1.91. The molecule has 0 saturated carbocycles. The molecule has 2 amide bonds. The predicted octanol–water partition coefficient (Wildman–Crippen LogP) is 1.95. The van der Waals surface area contributed by atoms with Crippen LogP contribution in [0.25, 0.3) is 0 Å². The first-order valence-electron chi connectivity index (χ1n) is 6.78. The Morgan fingerprint density at radius 2 is 1.86 bits per heavy atom. The maximum atomic E-state index is 12.2. The molecular formula is C15H19BrN2O4. The van der Waals surface area contributed by atoms with Crippen molar-refractivity contribution in [3.8, 4) is 0 Å². The Balaban J connectivity index is 2.76. The summed E-state index contributed by atoms with van der Waals surface area (Å²) < 4.78 is 0.905. The maximum Gasteiger partial charge on any atom is 0.305 e. The van der Waals surface area contributed by atoms with Gasteiger partial charge in [-0.05, 0) is 17.7 Å². The van der Waals surface area contributed by atoms with E-state index in [0.29, 0.717) is 0 Å². The average Bonchev–Trinajstić information content (AvgIpc) is 2.44. The second kappa shape index (κ2) is 8.53. The molecule has 1 aromatic rings. The largest absolute Gasteiger partial charge is 0.481 e. The molecule has 6 nitrogen and oxygen atoms in total. The van der Waals surface area contributed by atoms with Gasteiger partial charge >= 0.3 is 5.97 Å². The summed E-state index contributed by atoms with van der Waals surface area (Å²) in [6.07, 6.45) is -0.0251. The Bertz CT molecular complexity index is 545. The van der Waals surface area contributed by atoms with Crippen LogP contribution >= 0.6 is 15.9 Å². The molecule has 1 unspecified atom stereocenters. The van der Waals surface area contributed by atoms with Crippen molar-refractivity contribution in [3.05, 3.63) is 34.3 Å². The van der Waals surface area contributed by atoms with E-state index in [1.165, 1.54) is 11.8 Å². The van der Waals surface area contributed by atoms with Crippen LogP contribution < -0.4 is 5.32 Å². The van der Waals surface area contributed by atoms with E-state index in [1.807, 2.05) is 24.3 Å². The molecule has 0 bridgehead atoms. The number of halogens is 1. The molecule has 0 aliphatic rings. The minimum atomic E-state index is -0.953. The Hall–Kier alpha value is -1.89. The van der Waals surface area contributed by atoms with Crippen molar-refractivity contribution in [2.75, 3.05) is 13.6 Å². The fourth-order valence-corrected chi connectivity index (χ4v) is 2.18. The maximum absolute atomic E-state index is 12.2. The van der Waals surface area contributed by atoms with Crippen molar-refractivity contribution in [1.82, 2.24) is 10.2 Å². The number of hydrogen-bond acceptors (Lipinski definition) is 3. The van der Waals surface area contributed by atoms with Crippen LogP contribution in [0.15, 0.2) is 28.7 Å². The van der Waals surface area contributed by atoms with Crippen LogP contribution in [0.5, 0.6) is 0 Å². The van der Waals surface area contributed by atoms with E-state index >= 15 is 0 Å². The summed E-state index contributed by atoms with van der Waals surface area (Å²) in [6.45, 7) is 1.53. The number of nitrogens with zero attached hydrogens (tertiary/aromatic N) is 1. The highest BCUT2D eigenvalue weighted by atomic mass is 79.9. The van der Waals surface area contributed by atoms with Crippen molar-refractivity contribution >= 4 is 33.7 Å². The number of benzene rings is 1. The summed E-state index contributed by atoms with van der Waals surface area (Å²) in [4.78, 5) is 35.4. The lowest BCUT2D eigenvalue weighted by molar-refractivity contribution is -0.138. The van der Waals surface area contributed by atoms with Crippen molar-refractivity contribution in [3.63, 3.8) is 0 Å². The van der Waals surface area contributed by atoms with Gasteiger partial charge in [0.15, 0.2) is 0 Å². The van der Waals surface area contributed by atoms with Gasteiger partial charge in [0.2, 0.25) is 11.8 Å². The SMILES string of the molecule is CC(=O)NC(CC(=O)N(C)CCC(=O)O)c1ccc(Br)cc1. The molecular weight excluding hydrogens is 352 g/mol. The highest BCUT2D eigenvalue weighted by Gasteiger charge is 2.19. The van der Waals surface area contributed by atoms with Crippen LogP contribution in [0.3, 0.4) is 0 Å². The number of carbonyl (C=O) groups excluding carboxylic acids is 2. The first-order chi connectivity index (χ1) is 10.3. The number of rotatable bonds is 7. The van der Waals surface area contributed by atoms with Gasteiger partial charge in [0, 0.05) is 25.0 Å². The topological polar surface area (TPSA) is 86.7 Å². The number of hydrogen-bond donors (Lipinski definition) is 2. The number of carbonyl (C=O) groups is 3. The molecule has 120 valence electrons. The molecule has 1 aromatic carbocycles. The Morgan fingerprint density at radius 3 is 2.36 bits per heavy atom. The second-order valence-corrected chi connectivity index (χ2v) is 5.88. The third-order valence-corrected chi connectivity index (χ3v) is 3.64. The van der Waals surface area contributed by atoms with Crippen molar-refractivity contribution in [2.45, 2.75) is 25.8 Å². The van der Waals surface area contributed by atoms with Gasteiger partial charge < -0.3 is 15.3 Å². The normalized spacial score (nSPS) is 11.6. The van der Waals surface area contributed by atoms with E-state index in [9.17, 15) is 14.4 Å². The smallest absolute Gasteiger partial charge is 0.305 e. The van der Waals surface area contributed by atoms with Gasteiger partial charge in [0.25, 0.3) is 0 Å². The molecule has 0 aromatic heterocycles. The monoisotopic (exact) mass is 370 g/mol. The van der Waals surface area contributed by atoms with Crippen LogP contribution in [-0.2, 0) is 14.4 Å². The van der Waals surface area contributed by atoms with Crippen LogP contribution in [0.1, 0.15) is 31.4 Å². The molecule has 0 spiro atoms. The lowest BCUT2D eigenvalue weighted by Gasteiger charge is -2.22. The zero-order valence-electron chi connectivity index (χ0n) is 12.5. The number of carboxylic acid groups (broad SMARTS) is 1. The zero-order chi connectivity index (χ0) is 16.7. The van der Waals surface area contributed by atoms with Crippen molar-refractivity contribution in [1.29, 1.82) is 0 Å². The van der Waals surface area contributed by atoms with E-state index in [-0.39, 0.29) is 31.2 Å². The third kappa shape index (κ3) is 6.26. The van der Waals surface area contributed by atoms with Crippen LogP contribution in [0, 0.1) is 0 Å². The zero-order valence-corrected chi connectivity index (χ0v) is 14.1. The van der Waals surface area contributed by atoms with Gasteiger partial charge in [-0.25, -0.2) is 0 Å². The molecule has 2 N–H and O–H groups in total. The average molecular weight is 371 g/mol. The minimum absolute atomic E-state index is 0.0807. The highest BCUT2D eigenvalue weighted by Crippen LogP contribution is 2.20. The summed E-state index contributed by atoms with van der Waals surface area (Å²) in [5, 5.41) is 11.4. The first kappa shape index (κ1) is 18.2. The summed E-state index contributed by atoms with van der Waals surface area (Å²) in [5.41, 5.74) is 0.818. The van der Waals surface area contributed by atoms with Crippen molar-refractivity contribution < 1.29 is 19.5 Å². The lowest BCUT2D eigenvalue weighted by Crippen LogP contribution is -2.34. The Labute approximate surface area is 137 Å². The molecule has 0 radical (unpaired) electrons. The van der Waals surface area contributed by atoms with Crippen molar-refractivity contribution in [2.24, 2.45) is 0 Å². The summed E-state index contributed by atoms with van der Waals surface area (Å²) in [5.74, 6) is -1.40. The first-order valence-corrected chi connectivity index (χ1v) is 7.57. The van der Waals surface area contributed by atoms with Crippen LogP contribution in [-0.4, -0.2) is 41.4 Å². The van der Waals surface area contributed by atoms with Crippen LogP contribution in [0.2, 0.25) is 0 Å². The summed E-state index contributed by atoms with van der Waals surface area (Å²) in [6, 6.07) is 6.89. The van der Waals surface area contributed by atoms with Gasteiger partial charge in [0.05, 0.1) is 18.9 Å². The standard InChI is InChI=1S/C15H19BrN2O4/c1-10(19)17-13(11-3-5-12(16)6-4-11)9-14(20)18(2)8-7-15(21)22/h3-6,13H,7-9H2,1-2H3,(H,17,19)(H,21,22). The van der Waals surface area contributed by atoms with Gasteiger partial charge in [-0.1, -0.05) is 28.1 Å².